The van der Waals surface area contributed by atoms with E-state index in [0.717, 1.165) is 5.56 Å². The Bertz CT molecular complexity index is 1040. The number of nitro groups is 1. The number of benzene rings is 2. The van der Waals surface area contributed by atoms with Crippen LogP contribution in [0.5, 0.6) is 5.75 Å². The molecule has 27 heavy (non-hydrogen) atoms. The van der Waals surface area contributed by atoms with Crippen molar-refractivity contribution in [1.82, 2.24) is 9.78 Å². The fourth-order valence-electron chi connectivity index (χ4n) is 3.47. The zero-order valence-corrected chi connectivity index (χ0v) is 14.7. The topological polar surface area (TPSA) is 90.5 Å². The molecule has 0 N–H and O–H groups in total. The van der Waals surface area contributed by atoms with Gasteiger partial charge >= 0.3 is 5.69 Å². The lowest BCUT2D eigenvalue weighted by molar-refractivity contribution is -0.384. The molecular weight excluding hydrogens is 348 g/mol. The monoisotopic (exact) mass is 364 g/mol. The summed E-state index contributed by atoms with van der Waals surface area (Å²) in [5.74, 6) is 0.489. The summed E-state index contributed by atoms with van der Waals surface area (Å²) in [5.41, 5.74) is 2.27. The molecule has 0 aliphatic carbocycles. The van der Waals surface area contributed by atoms with Gasteiger partial charge in [0.05, 0.1) is 17.7 Å². The molecule has 1 amide bonds. The van der Waals surface area contributed by atoms with Crippen LogP contribution in [0.2, 0.25) is 0 Å². The van der Waals surface area contributed by atoms with Crippen molar-refractivity contribution < 1.29 is 14.5 Å². The van der Waals surface area contributed by atoms with Gasteiger partial charge in [-0.05, 0) is 23.8 Å². The highest BCUT2D eigenvalue weighted by atomic mass is 16.6. The van der Waals surface area contributed by atoms with Crippen molar-refractivity contribution in [3.63, 3.8) is 0 Å². The smallest absolute Gasteiger partial charge is 0.315 e. The lowest BCUT2D eigenvalue weighted by Gasteiger charge is -2.37. The molecule has 0 bridgehead atoms. The van der Waals surface area contributed by atoms with Gasteiger partial charge in [0.25, 0.3) is 0 Å². The largest absolute Gasteiger partial charge is 0.497 e. The minimum absolute atomic E-state index is 0.0934. The van der Waals surface area contributed by atoms with Gasteiger partial charge < -0.3 is 4.74 Å². The van der Waals surface area contributed by atoms with Gasteiger partial charge in [-0.15, -0.1) is 0 Å². The third kappa shape index (κ3) is 2.53. The number of carbonyl (C=O) groups excluding carboxylic acids is 1. The van der Waals surface area contributed by atoms with Crippen LogP contribution in [-0.4, -0.2) is 27.7 Å². The average Bonchev–Trinajstić information content (AvgIpc) is 3.12. The van der Waals surface area contributed by atoms with Gasteiger partial charge in [-0.25, -0.2) is 4.68 Å². The molecule has 0 saturated carbocycles. The Morgan fingerprint density at radius 3 is 2.52 bits per heavy atom. The van der Waals surface area contributed by atoms with E-state index in [1.54, 1.807) is 48.4 Å². The van der Waals surface area contributed by atoms with Gasteiger partial charge in [0.1, 0.15) is 11.9 Å². The molecule has 1 aliphatic rings. The molecular formula is C19H16N4O4. The Morgan fingerprint density at radius 1 is 1.19 bits per heavy atom. The number of anilines is 1. The van der Waals surface area contributed by atoms with Crippen LogP contribution in [-0.2, 0) is 4.79 Å². The zero-order valence-electron chi connectivity index (χ0n) is 14.7. The quantitative estimate of drug-likeness (QED) is 0.525. The Hall–Kier alpha value is -3.68. The summed E-state index contributed by atoms with van der Waals surface area (Å²) in [7, 11) is 1.57. The van der Waals surface area contributed by atoms with Crippen molar-refractivity contribution in [2.45, 2.75) is 13.1 Å². The minimum atomic E-state index is -0.632. The van der Waals surface area contributed by atoms with Crippen LogP contribution >= 0.6 is 0 Å². The molecule has 3 aromatic rings. The van der Waals surface area contributed by atoms with Gasteiger partial charge in [-0.2, -0.15) is 5.10 Å². The van der Waals surface area contributed by atoms with Gasteiger partial charge in [-0.1, -0.05) is 30.3 Å². The highest BCUT2D eigenvalue weighted by Crippen LogP contribution is 2.46. The number of hydrogen-bond acceptors (Lipinski definition) is 5. The molecule has 0 spiro atoms. The van der Waals surface area contributed by atoms with E-state index in [2.05, 4.69) is 5.10 Å². The summed E-state index contributed by atoms with van der Waals surface area (Å²) in [4.78, 5) is 25.2. The molecule has 2 heterocycles. The Morgan fingerprint density at radius 2 is 1.89 bits per heavy atom. The SMILES string of the molecule is COc1ccc(C2N(C(C)=O)c3ccccc3-c3c([N+](=O)[O-])cnn32)cc1. The molecule has 1 unspecified atom stereocenters. The van der Waals surface area contributed by atoms with E-state index < -0.39 is 11.1 Å². The molecule has 8 heteroatoms. The molecule has 0 fully saturated rings. The van der Waals surface area contributed by atoms with Crippen molar-refractivity contribution in [1.29, 1.82) is 0 Å². The average molecular weight is 364 g/mol. The first-order valence-electron chi connectivity index (χ1n) is 8.28. The molecule has 2 aromatic carbocycles. The second-order valence-corrected chi connectivity index (χ2v) is 6.13. The molecule has 4 rings (SSSR count). The number of fused-ring (bicyclic) bond motifs is 3. The number of nitrogens with zero attached hydrogens (tertiary/aromatic N) is 4. The first kappa shape index (κ1) is 16.8. The van der Waals surface area contributed by atoms with Gasteiger partial charge in [0.2, 0.25) is 5.91 Å². The van der Waals surface area contributed by atoms with Gasteiger partial charge in [0, 0.05) is 12.5 Å². The number of para-hydroxylation sites is 1. The third-order valence-electron chi connectivity index (χ3n) is 4.62. The van der Waals surface area contributed by atoms with Crippen molar-refractivity contribution in [3.05, 3.63) is 70.4 Å². The molecule has 0 radical (unpaired) electrons. The molecule has 1 aromatic heterocycles. The van der Waals surface area contributed by atoms with E-state index >= 15 is 0 Å². The number of rotatable bonds is 3. The van der Waals surface area contributed by atoms with E-state index in [9.17, 15) is 14.9 Å². The number of amides is 1. The predicted molar refractivity (Wildman–Crippen MR) is 98.6 cm³/mol. The molecule has 1 atom stereocenters. The number of ether oxygens (including phenoxy) is 1. The maximum atomic E-state index is 12.5. The van der Waals surface area contributed by atoms with E-state index in [0.29, 0.717) is 22.7 Å². The van der Waals surface area contributed by atoms with E-state index in [1.807, 2.05) is 12.1 Å². The molecule has 8 nitrogen and oxygen atoms in total. The van der Waals surface area contributed by atoms with Crippen LogP contribution in [0.4, 0.5) is 11.4 Å². The van der Waals surface area contributed by atoms with Crippen LogP contribution in [0.15, 0.2) is 54.7 Å². The predicted octanol–water partition coefficient (Wildman–Crippen LogP) is 3.38. The van der Waals surface area contributed by atoms with Gasteiger partial charge in [-0.3, -0.25) is 19.8 Å². The summed E-state index contributed by atoms with van der Waals surface area (Å²) >= 11 is 0. The fraction of sp³-hybridized carbons (Fsp3) is 0.158. The summed E-state index contributed by atoms with van der Waals surface area (Å²) in [6.45, 7) is 1.47. The molecule has 0 saturated heterocycles. The van der Waals surface area contributed by atoms with Crippen LogP contribution < -0.4 is 9.64 Å². The van der Waals surface area contributed by atoms with E-state index in [-0.39, 0.29) is 11.6 Å². The van der Waals surface area contributed by atoms with Crippen LogP contribution in [0.1, 0.15) is 18.7 Å². The maximum absolute atomic E-state index is 12.5. The van der Waals surface area contributed by atoms with Crippen LogP contribution in [0.3, 0.4) is 0 Å². The maximum Gasteiger partial charge on any atom is 0.315 e. The van der Waals surface area contributed by atoms with Crippen LogP contribution in [0, 0.1) is 10.1 Å². The lowest BCUT2D eigenvalue weighted by atomic mass is 10.0. The van der Waals surface area contributed by atoms with Crippen molar-refractivity contribution >= 4 is 17.3 Å². The summed E-state index contributed by atoms with van der Waals surface area (Å²) < 4.78 is 6.73. The van der Waals surface area contributed by atoms with Crippen molar-refractivity contribution in [2.75, 3.05) is 12.0 Å². The Balaban J connectivity index is 2.00. The molecule has 136 valence electrons. The highest BCUT2D eigenvalue weighted by molar-refractivity contribution is 5.99. The minimum Gasteiger partial charge on any atom is -0.497 e. The van der Waals surface area contributed by atoms with Gasteiger partial charge in [0.15, 0.2) is 11.9 Å². The third-order valence-corrected chi connectivity index (χ3v) is 4.62. The lowest BCUT2D eigenvalue weighted by Crippen LogP contribution is -2.40. The summed E-state index contributed by atoms with van der Waals surface area (Å²) in [6, 6.07) is 14.3. The summed E-state index contributed by atoms with van der Waals surface area (Å²) in [5, 5.41) is 15.8. The Kier molecular flexibility index (Phi) is 3.88. The number of carbonyl (C=O) groups is 1. The second-order valence-electron chi connectivity index (χ2n) is 6.13. The second kappa shape index (κ2) is 6.24. The normalized spacial score (nSPS) is 15.0. The number of aromatic nitrogens is 2. The standard InChI is InChI=1S/C19H16N4O4/c1-12(24)21-16-6-4-3-5-15(16)18-17(23(25)26)11-20-22(18)19(21)13-7-9-14(27-2)10-8-13/h3-11,19H,1-2H3. The van der Waals surface area contributed by atoms with E-state index in [1.165, 1.54) is 17.8 Å². The van der Waals surface area contributed by atoms with Crippen molar-refractivity contribution in [2.24, 2.45) is 0 Å². The van der Waals surface area contributed by atoms with Crippen LogP contribution in [0.25, 0.3) is 11.3 Å². The summed E-state index contributed by atoms with van der Waals surface area (Å²) in [6.07, 6.45) is 0.596. The first-order chi connectivity index (χ1) is 13.0. The first-order valence-corrected chi connectivity index (χ1v) is 8.28. The molecule has 1 aliphatic heterocycles. The van der Waals surface area contributed by atoms with E-state index in [4.69, 9.17) is 4.74 Å². The number of methoxy groups -OCH3 is 1. The Labute approximate surface area is 154 Å². The number of hydrogen-bond donors (Lipinski definition) is 0. The fourth-order valence-corrected chi connectivity index (χ4v) is 3.47. The zero-order chi connectivity index (χ0) is 19.1. The van der Waals surface area contributed by atoms with Crippen molar-refractivity contribution in [3.8, 4) is 17.0 Å². The highest BCUT2D eigenvalue weighted by Gasteiger charge is 2.39.